The molecule has 1 heterocycles. The van der Waals surface area contributed by atoms with Crippen LogP contribution < -0.4 is 9.04 Å². The van der Waals surface area contributed by atoms with Gasteiger partial charge in [-0.2, -0.15) is 0 Å². The molecule has 8 heteroatoms. The van der Waals surface area contributed by atoms with Crippen LogP contribution in [0, 0.1) is 0 Å². The van der Waals surface area contributed by atoms with E-state index in [9.17, 15) is 13.2 Å². The van der Waals surface area contributed by atoms with E-state index < -0.39 is 10.0 Å². The Bertz CT molecular complexity index is 1400. The Morgan fingerprint density at radius 1 is 0.886 bits per heavy atom. The van der Waals surface area contributed by atoms with Crippen LogP contribution in [0.15, 0.2) is 96.0 Å². The fourth-order valence-electron chi connectivity index (χ4n) is 3.95. The van der Waals surface area contributed by atoms with Crippen molar-refractivity contribution in [3.63, 3.8) is 0 Å². The van der Waals surface area contributed by atoms with Crippen LogP contribution >= 0.6 is 0 Å². The summed E-state index contributed by atoms with van der Waals surface area (Å²) >= 11 is 0. The summed E-state index contributed by atoms with van der Waals surface area (Å²) in [7, 11) is -2.48. The van der Waals surface area contributed by atoms with Crippen LogP contribution in [0.3, 0.4) is 0 Å². The van der Waals surface area contributed by atoms with Gasteiger partial charge in [-0.3, -0.25) is 9.10 Å². The first-order chi connectivity index (χ1) is 17.0. The maximum absolute atomic E-state index is 14.0. The van der Waals surface area contributed by atoms with Gasteiger partial charge in [-0.25, -0.2) is 13.4 Å². The topological polar surface area (TPSA) is 79.8 Å². The molecule has 180 valence electrons. The predicted octanol–water partition coefficient (Wildman–Crippen LogP) is 4.60. The number of ether oxygens (including phenoxy) is 1. The highest BCUT2D eigenvalue weighted by Gasteiger charge is 2.28. The highest BCUT2D eigenvalue weighted by Crippen LogP contribution is 2.29. The second-order valence-electron chi connectivity index (χ2n) is 7.86. The van der Waals surface area contributed by atoms with Crippen molar-refractivity contribution in [1.82, 2.24) is 9.88 Å². The Morgan fingerprint density at radius 2 is 1.60 bits per heavy atom. The first-order valence-corrected chi connectivity index (χ1v) is 12.7. The molecule has 0 saturated heterocycles. The molecule has 1 amide bonds. The molecule has 0 atom stereocenters. The number of carbonyl (C=O) groups is 1. The number of likely N-dealkylation sites (N-methyl/N-ethyl adjacent to an activating group) is 1. The number of hydrogen-bond donors (Lipinski definition) is 0. The number of anilines is 1. The summed E-state index contributed by atoms with van der Waals surface area (Å²) in [6.07, 6.45) is 1.47. The molecule has 4 rings (SSSR count). The third-order valence-electron chi connectivity index (χ3n) is 5.80. The van der Waals surface area contributed by atoms with E-state index in [1.54, 1.807) is 59.5 Å². The molecule has 0 N–H and O–H groups in total. The summed E-state index contributed by atoms with van der Waals surface area (Å²) in [5.74, 6) is 0.231. The van der Waals surface area contributed by atoms with Gasteiger partial charge in [0.2, 0.25) is 5.88 Å². The van der Waals surface area contributed by atoms with Crippen LogP contribution in [-0.4, -0.2) is 51.0 Å². The number of hydrogen-bond acceptors (Lipinski definition) is 5. The molecule has 7 nitrogen and oxygen atoms in total. The van der Waals surface area contributed by atoms with E-state index in [2.05, 4.69) is 4.98 Å². The Hall–Kier alpha value is -3.91. The highest BCUT2D eigenvalue weighted by atomic mass is 32.2. The molecular weight excluding hydrogens is 462 g/mol. The number of fused-ring (bicyclic) bond motifs is 1. The molecule has 0 aliphatic rings. The standard InChI is InChI=1S/C27H27N3O4S/c1-3-29(27(31)22-11-5-4-6-12-22)18-19-30(23-16-17-26(34-2)28-20-23)35(32,33)25-15-9-13-21-10-7-8-14-24(21)25/h4-17,20H,3,18-19H2,1-2H3. The number of aromatic nitrogens is 1. The van der Waals surface area contributed by atoms with Gasteiger partial charge in [0.25, 0.3) is 15.9 Å². The zero-order valence-corrected chi connectivity index (χ0v) is 20.5. The van der Waals surface area contributed by atoms with E-state index in [1.807, 2.05) is 37.3 Å². The summed E-state index contributed by atoms with van der Waals surface area (Å²) in [6, 6.07) is 24.8. The van der Waals surface area contributed by atoms with Crippen molar-refractivity contribution in [3.8, 4) is 5.88 Å². The van der Waals surface area contributed by atoms with Crippen LogP contribution in [0.1, 0.15) is 17.3 Å². The maximum atomic E-state index is 14.0. The summed E-state index contributed by atoms with van der Waals surface area (Å²) in [5, 5.41) is 1.46. The third-order valence-corrected chi connectivity index (χ3v) is 7.68. The molecule has 0 unspecified atom stereocenters. The van der Waals surface area contributed by atoms with Crippen molar-refractivity contribution >= 4 is 32.4 Å². The van der Waals surface area contributed by atoms with Crippen LogP contribution in [0.25, 0.3) is 10.8 Å². The molecule has 0 radical (unpaired) electrons. The van der Waals surface area contributed by atoms with Gasteiger partial charge in [0, 0.05) is 30.1 Å². The lowest BCUT2D eigenvalue weighted by Crippen LogP contribution is -2.41. The molecule has 0 fully saturated rings. The monoisotopic (exact) mass is 489 g/mol. The number of nitrogens with zero attached hydrogens (tertiary/aromatic N) is 3. The van der Waals surface area contributed by atoms with Gasteiger partial charge in [0.1, 0.15) is 0 Å². The van der Waals surface area contributed by atoms with Gasteiger partial charge in [0.05, 0.1) is 30.4 Å². The third kappa shape index (κ3) is 5.12. The van der Waals surface area contributed by atoms with Crippen LogP contribution in [0.2, 0.25) is 0 Å². The number of carbonyl (C=O) groups excluding carboxylic acids is 1. The zero-order chi connectivity index (χ0) is 24.8. The second-order valence-corrected chi connectivity index (χ2v) is 9.69. The van der Waals surface area contributed by atoms with Crippen molar-refractivity contribution in [2.75, 3.05) is 31.0 Å². The van der Waals surface area contributed by atoms with Crippen molar-refractivity contribution in [1.29, 1.82) is 0 Å². The first kappa shape index (κ1) is 24.2. The van der Waals surface area contributed by atoms with Gasteiger partial charge in [0.15, 0.2) is 0 Å². The van der Waals surface area contributed by atoms with Crippen LogP contribution in [0.5, 0.6) is 5.88 Å². The summed E-state index contributed by atoms with van der Waals surface area (Å²) in [5.41, 5.74) is 0.950. The quantitative estimate of drug-likeness (QED) is 0.343. The van der Waals surface area contributed by atoms with Crippen LogP contribution in [-0.2, 0) is 10.0 Å². The molecule has 0 aliphatic carbocycles. The Balaban J connectivity index is 1.71. The number of methoxy groups -OCH3 is 1. The van der Waals surface area contributed by atoms with E-state index in [4.69, 9.17) is 4.74 Å². The summed E-state index contributed by atoms with van der Waals surface area (Å²) in [4.78, 5) is 19.1. The molecule has 0 saturated carbocycles. The van der Waals surface area contributed by atoms with E-state index in [0.717, 1.165) is 5.39 Å². The molecule has 35 heavy (non-hydrogen) atoms. The molecule has 0 spiro atoms. The number of sulfonamides is 1. The minimum absolute atomic E-state index is 0.0615. The lowest BCUT2D eigenvalue weighted by Gasteiger charge is -2.28. The fraction of sp³-hybridized carbons (Fsp3) is 0.185. The fourth-order valence-corrected chi connectivity index (χ4v) is 5.61. The molecule has 3 aromatic carbocycles. The minimum atomic E-state index is -3.98. The normalized spacial score (nSPS) is 11.3. The van der Waals surface area contributed by atoms with E-state index in [1.165, 1.54) is 17.6 Å². The number of amides is 1. The Labute approximate surface area is 205 Å². The van der Waals surface area contributed by atoms with Gasteiger partial charge in [-0.05, 0) is 36.6 Å². The molecule has 0 bridgehead atoms. The van der Waals surface area contributed by atoms with Gasteiger partial charge in [-0.1, -0.05) is 54.6 Å². The summed E-state index contributed by atoms with van der Waals surface area (Å²) in [6.45, 7) is 2.59. The Kier molecular flexibility index (Phi) is 7.31. The lowest BCUT2D eigenvalue weighted by atomic mass is 10.1. The van der Waals surface area contributed by atoms with E-state index in [0.29, 0.717) is 29.1 Å². The van der Waals surface area contributed by atoms with E-state index >= 15 is 0 Å². The average molecular weight is 490 g/mol. The average Bonchev–Trinajstić information content (AvgIpc) is 2.91. The van der Waals surface area contributed by atoms with Crippen molar-refractivity contribution in [3.05, 3.63) is 96.7 Å². The Morgan fingerprint density at radius 3 is 2.29 bits per heavy atom. The number of rotatable bonds is 9. The predicted molar refractivity (Wildman–Crippen MR) is 137 cm³/mol. The van der Waals surface area contributed by atoms with Crippen molar-refractivity contribution < 1.29 is 17.9 Å². The molecular formula is C27H27N3O4S. The van der Waals surface area contributed by atoms with Crippen LogP contribution in [0.4, 0.5) is 5.69 Å². The largest absolute Gasteiger partial charge is 0.481 e. The minimum Gasteiger partial charge on any atom is -0.481 e. The van der Waals surface area contributed by atoms with Gasteiger partial charge in [-0.15, -0.1) is 0 Å². The lowest BCUT2D eigenvalue weighted by molar-refractivity contribution is 0.0769. The molecule has 1 aromatic heterocycles. The van der Waals surface area contributed by atoms with Gasteiger partial charge < -0.3 is 9.64 Å². The van der Waals surface area contributed by atoms with Crippen molar-refractivity contribution in [2.24, 2.45) is 0 Å². The van der Waals surface area contributed by atoms with E-state index in [-0.39, 0.29) is 23.9 Å². The number of pyridine rings is 1. The van der Waals surface area contributed by atoms with Crippen molar-refractivity contribution in [2.45, 2.75) is 11.8 Å². The second kappa shape index (κ2) is 10.6. The maximum Gasteiger partial charge on any atom is 0.265 e. The number of benzene rings is 3. The zero-order valence-electron chi connectivity index (χ0n) is 19.7. The molecule has 4 aromatic rings. The molecule has 0 aliphatic heterocycles. The smallest absolute Gasteiger partial charge is 0.265 e. The first-order valence-electron chi connectivity index (χ1n) is 11.3. The van der Waals surface area contributed by atoms with Gasteiger partial charge >= 0.3 is 0 Å². The summed E-state index contributed by atoms with van der Waals surface area (Å²) < 4.78 is 34.5. The SMILES string of the molecule is CCN(CCN(c1ccc(OC)nc1)S(=O)(=O)c1cccc2ccccc12)C(=O)c1ccccc1. The highest BCUT2D eigenvalue weighted by molar-refractivity contribution is 7.93.